The van der Waals surface area contributed by atoms with E-state index in [1.807, 2.05) is 24.3 Å². The van der Waals surface area contributed by atoms with Crippen LogP contribution in [0.15, 0.2) is 171 Å². The second kappa shape index (κ2) is 15.0. The predicted molar refractivity (Wildman–Crippen MR) is 202 cm³/mol. The fourth-order valence-electron chi connectivity index (χ4n) is 5.53. The maximum atomic E-state index is 11.7. The summed E-state index contributed by atoms with van der Waals surface area (Å²) in [5, 5.41) is 0. The number of rotatable bonds is 11. The van der Waals surface area contributed by atoms with Crippen LogP contribution < -0.4 is 19.3 Å². The average Bonchev–Trinajstić information content (AvgIpc) is 3.15. The molecule has 0 amide bonds. The van der Waals surface area contributed by atoms with Gasteiger partial charge in [0.1, 0.15) is 11.5 Å². The highest BCUT2D eigenvalue weighted by Gasteiger charge is 2.16. The van der Waals surface area contributed by atoms with Gasteiger partial charge in [-0.15, -0.1) is 0 Å². The van der Waals surface area contributed by atoms with E-state index in [9.17, 15) is 9.59 Å². The fourth-order valence-corrected chi connectivity index (χ4v) is 5.53. The van der Waals surface area contributed by atoms with Gasteiger partial charge in [-0.25, -0.2) is 9.59 Å². The molecule has 0 fully saturated rings. The Hall–Kier alpha value is -6.66. The summed E-state index contributed by atoms with van der Waals surface area (Å²) in [6.07, 6.45) is 2.25. The molecule has 6 nitrogen and oxygen atoms in total. The summed E-state index contributed by atoms with van der Waals surface area (Å²) >= 11 is 0. The van der Waals surface area contributed by atoms with Crippen LogP contribution >= 0.6 is 0 Å². The van der Waals surface area contributed by atoms with E-state index in [4.69, 9.17) is 9.47 Å². The summed E-state index contributed by atoms with van der Waals surface area (Å²) in [7, 11) is 0. The predicted octanol–water partition coefficient (Wildman–Crippen LogP) is 11.1. The van der Waals surface area contributed by atoms with E-state index < -0.39 is 11.9 Å². The number of hydrogen-bond donors (Lipinski definition) is 0. The molecule has 0 unspecified atom stereocenters. The molecule has 6 heteroatoms. The van der Waals surface area contributed by atoms with Gasteiger partial charge in [0.2, 0.25) is 0 Å². The van der Waals surface area contributed by atoms with Gasteiger partial charge in [-0.2, -0.15) is 0 Å². The van der Waals surface area contributed by atoms with Crippen LogP contribution in [0.3, 0.4) is 0 Å². The SMILES string of the molecule is C=CC(=O)Oc1ccc(N(c2ccc(OC(=O)C=C)cc2)c2ccc(-c3ccc(N(c4ccc(C)cc4)c4ccc(C)cc4)cc3)cc2)cc1. The van der Waals surface area contributed by atoms with E-state index in [0.29, 0.717) is 11.5 Å². The van der Waals surface area contributed by atoms with Crippen molar-refractivity contribution in [2.24, 2.45) is 0 Å². The summed E-state index contributed by atoms with van der Waals surface area (Å²) in [6, 6.07) is 48.4. The third-order valence-electron chi connectivity index (χ3n) is 8.13. The maximum absolute atomic E-state index is 11.7. The average molecular weight is 657 g/mol. The molecule has 0 spiro atoms. The number of benzene rings is 6. The van der Waals surface area contributed by atoms with Gasteiger partial charge in [0.25, 0.3) is 0 Å². The molecular weight excluding hydrogens is 620 g/mol. The molecule has 0 atom stereocenters. The molecule has 50 heavy (non-hydrogen) atoms. The van der Waals surface area contributed by atoms with Crippen LogP contribution in [-0.4, -0.2) is 11.9 Å². The maximum Gasteiger partial charge on any atom is 0.335 e. The number of esters is 2. The van der Waals surface area contributed by atoms with Crippen LogP contribution in [0.4, 0.5) is 34.1 Å². The minimum absolute atomic E-state index is 0.410. The zero-order chi connectivity index (χ0) is 35.0. The van der Waals surface area contributed by atoms with Crippen molar-refractivity contribution in [3.8, 4) is 22.6 Å². The lowest BCUT2D eigenvalue weighted by atomic mass is 10.0. The van der Waals surface area contributed by atoms with Crippen LogP contribution in [0, 0.1) is 13.8 Å². The Kier molecular flexibility index (Phi) is 10.0. The van der Waals surface area contributed by atoms with E-state index >= 15 is 0 Å². The highest BCUT2D eigenvalue weighted by atomic mass is 16.5. The molecule has 0 aliphatic heterocycles. The highest BCUT2D eigenvalue weighted by Crippen LogP contribution is 2.39. The third kappa shape index (κ3) is 7.72. The summed E-state index contributed by atoms with van der Waals surface area (Å²) in [5.74, 6) is -0.235. The van der Waals surface area contributed by atoms with Crippen molar-refractivity contribution in [1.29, 1.82) is 0 Å². The Morgan fingerprint density at radius 1 is 0.420 bits per heavy atom. The Labute approximate surface area is 292 Å². The van der Waals surface area contributed by atoms with Crippen LogP contribution in [0.2, 0.25) is 0 Å². The van der Waals surface area contributed by atoms with Gasteiger partial charge in [0.05, 0.1) is 0 Å². The molecule has 246 valence electrons. The largest absolute Gasteiger partial charge is 0.423 e. The molecular formula is C44H36N2O4. The van der Waals surface area contributed by atoms with Gasteiger partial charge >= 0.3 is 11.9 Å². The zero-order valence-corrected chi connectivity index (χ0v) is 28.0. The van der Waals surface area contributed by atoms with E-state index in [0.717, 1.165) is 57.4 Å². The van der Waals surface area contributed by atoms with Crippen molar-refractivity contribution in [3.05, 3.63) is 182 Å². The lowest BCUT2D eigenvalue weighted by Gasteiger charge is -2.26. The number of nitrogens with zero attached hydrogens (tertiary/aromatic N) is 2. The molecule has 6 rings (SSSR count). The number of anilines is 6. The molecule has 6 aromatic rings. The lowest BCUT2D eigenvalue weighted by molar-refractivity contribution is -0.129. The Bertz CT molecular complexity index is 1990. The van der Waals surface area contributed by atoms with Gasteiger partial charge < -0.3 is 19.3 Å². The van der Waals surface area contributed by atoms with Crippen molar-refractivity contribution < 1.29 is 19.1 Å². The first kappa shape index (κ1) is 33.2. The Morgan fingerprint density at radius 2 is 0.660 bits per heavy atom. The van der Waals surface area contributed by atoms with Gasteiger partial charge in [0, 0.05) is 46.3 Å². The first-order chi connectivity index (χ1) is 24.3. The van der Waals surface area contributed by atoms with Gasteiger partial charge in [-0.05, 0) is 122 Å². The van der Waals surface area contributed by atoms with E-state index in [1.54, 1.807) is 24.3 Å². The molecule has 0 N–H and O–H groups in total. The van der Waals surface area contributed by atoms with E-state index in [-0.39, 0.29) is 0 Å². The molecule has 0 aliphatic rings. The zero-order valence-electron chi connectivity index (χ0n) is 28.0. The number of carbonyl (C=O) groups excluding carboxylic acids is 2. The summed E-state index contributed by atoms with van der Waals surface area (Å²) in [6.45, 7) is 11.1. The smallest absolute Gasteiger partial charge is 0.335 e. The molecule has 0 bridgehead atoms. The van der Waals surface area contributed by atoms with Gasteiger partial charge in [0.15, 0.2) is 0 Å². The molecule has 0 radical (unpaired) electrons. The van der Waals surface area contributed by atoms with Crippen molar-refractivity contribution in [1.82, 2.24) is 0 Å². The van der Waals surface area contributed by atoms with Crippen molar-refractivity contribution in [2.75, 3.05) is 9.80 Å². The standard InChI is InChI=1S/C44H36N2O4/c1-5-43(47)49-41-27-23-39(24-28-41)46(40-25-29-42(30-26-40)50-44(48)6-2)38-21-13-34(14-22-38)33-11-19-37(20-12-33)45(35-15-7-31(3)8-16-35)36-17-9-32(4)10-18-36/h5-30H,1-2H2,3-4H3. The van der Waals surface area contributed by atoms with Crippen molar-refractivity contribution in [3.63, 3.8) is 0 Å². The van der Waals surface area contributed by atoms with Gasteiger partial charge in [-0.1, -0.05) is 72.8 Å². The monoisotopic (exact) mass is 656 g/mol. The van der Waals surface area contributed by atoms with E-state index in [2.05, 4.69) is 134 Å². The fraction of sp³-hybridized carbons (Fsp3) is 0.0455. The second-order valence-electron chi connectivity index (χ2n) is 11.7. The minimum atomic E-state index is -0.527. The molecule has 0 aliphatic carbocycles. The molecule has 0 aromatic heterocycles. The summed E-state index contributed by atoms with van der Waals surface area (Å²) in [5.41, 5.74) is 10.4. The number of carbonyl (C=O) groups is 2. The van der Waals surface area contributed by atoms with Crippen LogP contribution in [-0.2, 0) is 9.59 Å². The van der Waals surface area contributed by atoms with Crippen molar-refractivity contribution in [2.45, 2.75) is 13.8 Å². The first-order valence-electron chi connectivity index (χ1n) is 16.1. The summed E-state index contributed by atoms with van der Waals surface area (Å²) < 4.78 is 10.6. The van der Waals surface area contributed by atoms with Crippen molar-refractivity contribution >= 4 is 46.1 Å². The van der Waals surface area contributed by atoms with Crippen LogP contribution in [0.1, 0.15) is 11.1 Å². The number of aryl methyl sites for hydroxylation is 2. The minimum Gasteiger partial charge on any atom is -0.423 e. The molecule has 0 saturated carbocycles. The Morgan fingerprint density at radius 3 is 0.920 bits per heavy atom. The molecule has 0 heterocycles. The quantitative estimate of drug-likeness (QED) is 0.0786. The van der Waals surface area contributed by atoms with Crippen LogP contribution in [0.25, 0.3) is 11.1 Å². The highest BCUT2D eigenvalue weighted by molar-refractivity contribution is 5.85. The number of ether oxygens (including phenoxy) is 2. The Balaban J connectivity index is 1.30. The molecule has 6 aromatic carbocycles. The second-order valence-corrected chi connectivity index (χ2v) is 11.7. The third-order valence-corrected chi connectivity index (χ3v) is 8.13. The topological polar surface area (TPSA) is 59.1 Å². The van der Waals surface area contributed by atoms with Crippen LogP contribution in [0.5, 0.6) is 11.5 Å². The van der Waals surface area contributed by atoms with Gasteiger partial charge in [-0.3, -0.25) is 0 Å². The lowest BCUT2D eigenvalue weighted by Crippen LogP contribution is -2.10. The van der Waals surface area contributed by atoms with E-state index in [1.165, 1.54) is 11.1 Å². The first-order valence-corrected chi connectivity index (χ1v) is 16.1. The summed E-state index contributed by atoms with van der Waals surface area (Å²) in [4.78, 5) is 27.8. The molecule has 0 saturated heterocycles. The number of hydrogen-bond acceptors (Lipinski definition) is 6. The normalized spacial score (nSPS) is 10.5.